The summed E-state index contributed by atoms with van der Waals surface area (Å²) in [6.07, 6.45) is -0.394. The Morgan fingerprint density at radius 2 is 2.17 bits per heavy atom. The second-order valence-corrected chi connectivity index (χ2v) is 2.71. The predicted octanol–water partition coefficient (Wildman–Crippen LogP) is 3.17. The Morgan fingerprint density at radius 1 is 1.42 bits per heavy atom. The number of rotatable bonds is 3. The van der Waals surface area contributed by atoms with Crippen molar-refractivity contribution in [3.05, 3.63) is 11.8 Å². The van der Waals surface area contributed by atoms with Gasteiger partial charge in [0.1, 0.15) is 5.76 Å². The molecule has 1 aliphatic carbocycles. The molecule has 0 N–H and O–H groups in total. The molecule has 0 fully saturated rings. The summed E-state index contributed by atoms with van der Waals surface area (Å²) in [7, 11) is 0. The lowest BCUT2D eigenvalue weighted by atomic mass is 10.4. The van der Waals surface area contributed by atoms with E-state index in [4.69, 9.17) is 0 Å². The Kier molecular flexibility index (Phi) is 3.28. The summed E-state index contributed by atoms with van der Waals surface area (Å²) in [5.41, 5.74) is 0. The van der Waals surface area contributed by atoms with Gasteiger partial charge in [0.2, 0.25) is 12.3 Å². The van der Waals surface area contributed by atoms with Crippen LogP contribution in [0.15, 0.2) is 11.8 Å². The summed E-state index contributed by atoms with van der Waals surface area (Å²) in [6.45, 7) is 0. The topological polar surface area (TPSA) is 18.5 Å². The van der Waals surface area contributed by atoms with E-state index in [-0.39, 0.29) is 12.3 Å². The molecule has 1 rings (SSSR count). The highest BCUT2D eigenvalue weighted by Crippen LogP contribution is 2.28. The van der Waals surface area contributed by atoms with Gasteiger partial charge < -0.3 is 4.18 Å². The molecular weight excluding hydrogens is 193 g/mol. The average molecular weight is 200 g/mol. The zero-order valence-corrected chi connectivity index (χ0v) is 6.87. The first-order valence-corrected chi connectivity index (χ1v) is 4.03. The maximum atomic E-state index is 11.4. The first-order chi connectivity index (χ1) is 5.58. The fraction of sp³-hybridized carbons (Fsp3) is 0.667. The fourth-order valence-electron chi connectivity index (χ4n) is 0.816. The van der Waals surface area contributed by atoms with Crippen LogP contribution in [0.4, 0.5) is 13.2 Å². The van der Waals surface area contributed by atoms with Crippen LogP contribution < -0.4 is 0 Å². The van der Waals surface area contributed by atoms with Gasteiger partial charge in [-0.2, -0.15) is 4.18 Å². The quantitative estimate of drug-likeness (QED) is 0.652. The second-order valence-electron chi connectivity index (χ2n) is 2.24. The molecule has 0 saturated heterocycles. The highest BCUT2D eigenvalue weighted by Gasteiger charge is 2.31. The van der Waals surface area contributed by atoms with Crippen molar-refractivity contribution >= 4 is 12.3 Å². The van der Waals surface area contributed by atoms with Crippen LogP contribution >= 0.6 is 12.3 Å². The number of alkyl halides is 3. The molecular formula is C6H7F3O2S. The Balaban J connectivity index is 2.10. The average Bonchev–Trinajstić information content (AvgIpc) is 2.36. The van der Waals surface area contributed by atoms with Crippen LogP contribution in [-0.2, 0) is 8.37 Å². The molecule has 0 aromatic carbocycles. The lowest BCUT2D eigenvalue weighted by molar-refractivity contribution is -0.269. The lowest BCUT2D eigenvalue weighted by Crippen LogP contribution is -2.07. The monoisotopic (exact) mass is 200 g/mol. The molecule has 0 aromatic heterocycles. The minimum absolute atomic E-state index is 0.0358. The highest BCUT2D eigenvalue weighted by atomic mass is 32.2. The molecule has 12 heavy (non-hydrogen) atoms. The molecule has 0 aliphatic heterocycles. The van der Waals surface area contributed by atoms with E-state index >= 15 is 0 Å². The van der Waals surface area contributed by atoms with Crippen molar-refractivity contribution in [3.8, 4) is 0 Å². The third-order valence-corrected chi connectivity index (χ3v) is 1.81. The number of hydrogen-bond donors (Lipinski definition) is 0. The van der Waals surface area contributed by atoms with Crippen LogP contribution in [0, 0.1) is 0 Å². The molecule has 0 aromatic rings. The summed E-state index contributed by atoms with van der Waals surface area (Å²) in [5, 5.41) is 0. The van der Waals surface area contributed by atoms with Gasteiger partial charge in [-0.25, -0.2) is 0 Å². The molecule has 0 unspecified atom stereocenters. The summed E-state index contributed by atoms with van der Waals surface area (Å²) in [4.78, 5) is 0. The Bertz CT molecular complexity index is 178. The van der Waals surface area contributed by atoms with Crippen molar-refractivity contribution < 1.29 is 21.5 Å². The van der Waals surface area contributed by atoms with E-state index in [0.29, 0.717) is 12.2 Å². The van der Waals surface area contributed by atoms with Crippen molar-refractivity contribution in [1.82, 2.24) is 0 Å². The highest BCUT2D eigenvalue weighted by molar-refractivity contribution is 7.90. The van der Waals surface area contributed by atoms with Gasteiger partial charge >= 0.3 is 6.36 Å². The van der Waals surface area contributed by atoms with Gasteiger partial charge in [-0.15, -0.1) is 13.2 Å². The van der Waals surface area contributed by atoms with Crippen LogP contribution in [0.25, 0.3) is 0 Å². The fourth-order valence-corrected chi connectivity index (χ4v) is 1.17. The minimum Gasteiger partial charge on any atom is -0.405 e. The van der Waals surface area contributed by atoms with Crippen molar-refractivity contribution in [2.24, 2.45) is 0 Å². The van der Waals surface area contributed by atoms with E-state index < -0.39 is 6.36 Å². The van der Waals surface area contributed by atoms with E-state index in [0.717, 1.165) is 12.8 Å². The maximum Gasteiger partial charge on any atom is 0.536 e. The van der Waals surface area contributed by atoms with Crippen LogP contribution in [0.5, 0.6) is 0 Å². The molecule has 70 valence electrons. The standard InChI is InChI=1S/C6H7F3O2S/c7-6(8,9)11-12-10-5-3-1-2-4-5/h3H,1-2,4H2. The summed E-state index contributed by atoms with van der Waals surface area (Å²) >= 11 is -0.0358. The van der Waals surface area contributed by atoms with E-state index in [1.165, 1.54) is 0 Å². The van der Waals surface area contributed by atoms with Gasteiger partial charge in [0, 0.05) is 6.42 Å². The van der Waals surface area contributed by atoms with E-state index in [2.05, 4.69) is 8.37 Å². The van der Waals surface area contributed by atoms with Crippen molar-refractivity contribution in [1.29, 1.82) is 0 Å². The lowest BCUT2D eigenvalue weighted by Gasteiger charge is -2.05. The molecule has 1 aliphatic rings. The normalized spacial score (nSPS) is 17.8. The van der Waals surface area contributed by atoms with Gasteiger partial charge in [0.15, 0.2) is 0 Å². The number of hydrogen-bond acceptors (Lipinski definition) is 3. The largest absolute Gasteiger partial charge is 0.536 e. The van der Waals surface area contributed by atoms with E-state index in [9.17, 15) is 13.2 Å². The number of allylic oxidation sites excluding steroid dienone is 2. The van der Waals surface area contributed by atoms with Gasteiger partial charge in [0.05, 0.1) is 0 Å². The molecule has 6 heteroatoms. The van der Waals surface area contributed by atoms with Crippen LogP contribution in [0.1, 0.15) is 19.3 Å². The molecule has 0 saturated carbocycles. The zero-order chi connectivity index (χ0) is 9.03. The first kappa shape index (κ1) is 9.73. The maximum absolute atomic E-state index is 11.4. The summed E-state index contributed by atoms with van der Waals surface area (Å²) in [5.74, 6) is 0.559. The smallest absolute Gasteiger partial charge is 0.405 e. The van der Waals surface area contributed by atoms with Crippen LogP contribution in [-0.4, -0.2) is 6.36 Å². The van der Waals surface area contributed by atoms with Gasteiger partial charge in [-0.1, -0.05) is 0 Å². The van der Waals surface area contributed by atoms with Crippen LogP contribution in [0.2, 0.25) is 0 Å². The first-order valence-electron chi connectivity index (χ1n) is 3.36. The SMILES string of the molecule is FC(F)(F)OSOC1=CCCC1. The molecule has 0 bridgehead atoms. The van der Waals surface area contributed by atoms with E-state index in [1.807, 2.05) is 0 Å². The molecule has 2 nitrogen and oxygen atoms in total. The summed E-state index contributed by atoms with van der Waals surface area (Å²) in [6, 6.07) is 0. The second kappa shape index (κ2) is 4.04. The Morgan fingerprint density at radius 3 is 2.67 bits per heavy atom. The van der Waals surface area contributed by atoms with Gasteiger partial charge in [-0.3, -0.25) is 0 Å². The van der Waals surface area contributed by atoms with Crippen molar-refractivity contribution in [2.45, 2.75) is 25.6 Å². The van der Waals surface area contributed by atoms with Crippen molar-refractivity contribution in [3.63, 3.8) is 0 Å². The third kappa shape index (κ3) is 3.87. The Hall–Kier alpha value is -0.360. The molecule has 0 atom stereocenters. The number of halogens is 3. The predicted molar refractivity (Wildman–Crippen MR) is 37.8 cm³/mol. The van der Waals surface area contributed by atoms with Gasteiger partial charge in [-0.05, 0) is 18.9 Å². The van der Waals surface area contributed by atoms with E-state index in [1.54, 1.807) is 6.08 Å². The molecule has 0 radical (unpaired) electrons. The van der Waals surface area contributed by atoms with Crippen molar-refractivity contribution in [2.75, 3.05) is 0 Å². The minimum atomic E-state index is -4.64. The zero-order valence-electron chi connectivity index (χ0n) is 6.06. The molecule has 0 heterocycles. The Labute approximate surface area is 72.1 Å². The van der Waals surface area contributed by atoms with Crippen LogP contribution in [0.3, 0.4) is 0 Å². The van der Waals surface area contributed by atoms with Gasteiger partial charge in [0.25, 0.3) is 0 Å². The third-order valence-electron chi connectivity index (χ3n) is 1.27. The summed E-state index contributed by atoms with van der Waals surface area (Å²) < 4.78 is 42.1. The molecule has 0 amide bonds. The molecule has 0 spiro atoms.